The van der Waals surface area contributed by atoms with Crippen molar-refractivity contribution in [3.05, 3.63) is 59.0 Å². The third-order valence-electron chi connectivity index (χ3n) is 5.04. The molecule has 0 radical (unpaired) electrons. The van der Waals surface area contributed by atoms with Crippen molar-refractivity contribution in [2.24, 2.45) is 0 Å². The third kappa shape index (κ3) is 3.51. The Bertz CT molecular complexity index is 1230. The van der Waals surface area contributed by atoms with Gasteiger partial charge in [-0.25, -0.2) is 15.0 Å². The number of pyridine rings is 1. The third-order valence-corrected chi connectivity index (χ3v) is 5.53. The second kappa shape index (κ2) is 8.02. The van der Waals surface area contributed by atoms with Crippen LogP contribution in [0.25, 0.3) is 33.5 Å². The molecule has 3 N–H and O–H groups in total. The Balaban J connectivity index is 1.74. The molecule has 8 nitrogen and oxygen atoms in total. The van der Waals surface area contributed by atoms with Crippen LogP contribution in [0.2, 0.25) is 0 Å². The highest BCUT2D eigenvalue weighted by molar-refractivity contribution is 9.10. The lowest BCUT2D eigenvalue weighted by Gasteiger charge is -2.25. The van der Waals surface area contributed by atoms with Crippen molar-refractivity contribution in [3.8, 4) is 22.5 Å². The minimum Gasteiger partial charge on any atom is -0.383 e. The maximum atomic E-state index is 6.21. The summed E-state index contributed by atoms with van der Waals surface area (Å²) in [7, 11) is 0. The normalized spacial score (nSPS) is 16.6. The molecule has 4 heterocycles. The zero-order valence-electron chi connectivity index (χ0n) is 15.9. The lowest BCUT2D eigenvalue weighted by Crippen LogP contribution is -2.33. The van der Waals surface area contributed by atoms with Gasteiger partial charge in [0.15, 0.2) is 5.65 Å². The number of hydrogen-bond acceptors (Lipinski definition) is 8. The van der Waals surface area contributed by atoms with Crippen LogP contribution in [-0.4, -0.2) is 44.8 Å². The number of nitrogens with zero attached hydrogens (tertiary/aromatic N) is 5. The quantitative estimate of drug-likeness (QED) is 0.476. The van der Waals surface area contributed by atoms with Gasteiger partial charge in [0.05, 0.1) is 23.8 Å². The molecule has 5 rings (SSSR count). The SMILES string of the molecule is Nc1ncnc2nc(-c3nnccc3C3CNCCO3)cc(-c3cccc(Br)c3)c12. The Morgan fingerprint density at radius 3 is 2.93 bits per heavy atom. The summed E-state index contributed by atoms with van der Waals surface area (Å²) in [5.74, 6) is 0.383. The van der Waals surface area contributed by atoms with Crippen LogP contribution in [0.1, 0.15) is 11.7 Å². The molecule has 30 heavy (non-hydrogen) atoms. The summed E-state index contributed by atoms with van der Waals surface area (Å²) < 4.78 is 6.92. The first-order valence-corrected chi connectivity index (χ1v) is 10.3. The summed E-state index contributed by atoms with van der Waals surface area (Å²) in [6, 6.07) is 11.9. The average molecular weight is 464 g/mol. The summed E-state index contributed by atoms with van der Waals surface area (Å²) in [6.45, 7) is 2.19. The lowest BCUT2D eigenvalue weighted by atomic mass is 9.99. The maximum Gasteiger partial charge on any atom is 0.165 e. The highest BCUT2D eigenvalue weighted by Crippen LogP contribution is 2.36. The maximum absolute atomic E-state index is 6.21. The molecule has 3 aromatic heterocycles. The topological polar surface area (TPSA) is 112 Å². The summed E-state index contributed by atoms with van der Waals surface area (Å²) in [5, 5.41) is 12.6. The predicted molar refractivity (Wildman–Crippen MR) is 117 cm³/mol. The second-order valence-electron chi connectivity index (χ2n) is 6.92. The van der Waals surface area contributed by atoms with Gasteiger partial charge in [-0.3, -0.25) is 0 Å². The van der Waals surface area contributed by atoms with Crippen molar-refractivity contribution in [2.45, 2.75) is 6.10 Å². The first-order valence-electron chi connectivity index (χ1n) is 9.52. The first kappa shape index (κ1) is 19.0. The molecule has 0 amide bonds. The molecule has 1 aliphatic heterocycles. The summed E-state index contributed by atoms with van der Waals surface area (Å²) in [6.07, 6.45) is 2.98. The number of fused-ring (bicyclic) bond motifs is 1. The van der Waals surface area contributed by atoms with Gasteiger partial charge in [-0.15, -0.1) is 5.10 Å². The number of rotatable bonds is 3. The van der Waals surface area contributed by atoms with Crippen molar-refractivity contribution in [1.29, 1.82) is 0 Å². The average Bonchev–Trinajstić information content (AvgIpc) is 2.79. The minimum absolute atomic E-state index is 0.119. The van der Waals surface area contributed by atoms with E-state index < -0.39 is 0 Å². The van der Waals surface area contributed by atoms with Crippen LogP contribution in [0, 0.1) is 0 Å². The van der Waals surface area contributed by atoms with Gasteiger partial charge in [-0.1, -0.05) is 28.1 Å². The Morgan fingerprint density at radius 2 is 2.10 bits per heavy atom. The number of nitrogens with one attached hydrogen (secondary N) is 1. The zero-order chi connectivity index (χ0) is 20.5. The number of anilines is 1. The van der Waals surface area contributed by atoms with E-state index in [0.29, 0.717) is 41.4 Å². The Hall–Kier alpha value is -3.01. The van der Waals surface area contributed by atoms with Crippen molar-refractivity contribution >= 4 is 32.8 Å². The van der Waals surface area contributed by atoms with Crippen LogP contribution < -0.4 is 11.1 Å². The fourth-order valence-corrected chi connectivity index (χ4v) is 4.06. The molecule has 1 fully saturated rings. The van der Waals surface area contributed by atoms with E-state index in [0.717, 1.165) is 27.7 Å². The number of nitrogen functional groups attached to an aromatic ring is 1. The fraction of sp³-hybridized carbons (Fsp3) is 0.190. The van der Waals surface area contributed by atoms with Gasteiger partial charge in [0, 0.05) is 29.3 Å². The second-order valence-corrected chi connectivity index (χ2v) is 7.84. The van der Waals surface area contributed by atoms with Crippen LogP contribution in [-0.2, 0) is 4.74 Å². The number of hydrogen-bond donors (Lipinski definition) is 2. The molecular weight excluding hydrogens is 446 g/mol. The zero-order valence-corrected chi connectivity index (χ0v) is 17.5. The largest absolute Gasteiger partial charge is 0.383 e. The standard InChI is InChI=1S/C21H18BrN7O/c22-13-3-1-2-12(8-13)15-9-16(28-21-18(15)20(23)25-11-26-21)19-14(4-5-27-29-19)17-10-24-6-7-30-17/h1-5,8-9,11,17,24H,6-7,10H2,(H2,23,25,26,28). The minimum atomic E-state index is -0.119. The van der Waals surface area contributed by atoms with Gasteiger partial charge in [-0.05, 0) is 35.4 Å². The van der Waals surface area contributed by atoms with Gasteiger partial charge in [0.2, 0.25) is 0 Å². The predicted octanol–water partition coefficient (Wildman–Crippen LogP) is 3.15. The number of benzene rings is 1. The van der Waals surface area contributed by atoms with Gasteiger partial charge in [-0.2, -0.15) is 5.10 Å². The van der Waals surface area contributed by atoms with E-state index in [9.17, 15) is 0 Å². The highest BCUT2D eigenvalue weighted by Gasteiger charge is 2.23. The van der Waals surface area contributed by atoms with Crippen LogP contribution in [0.5, 0.6) is 0 Å². The Labute approximate surface area is 181 Å². The van der Waals surface area contributed by atoms with E-state index in [2.05, 4.69) is 41.4 Å². The highest BCUT2D eigenvalue weighted by atomic mass is 79.9. The van der Waals surface area contributed by atoms with Crippen molar-refractivity contribution in [3.63, 3.8) is 0 Å². The molecule has 150 valence electrons. The molecule has 0 aliphatic carbocycles. The number of nitrogens with two attached hydrogens (primary N) is 1. The lowest BCUT2D eigenvalue weighted by molar-refractivity contribution is 0.0278. The first-order chi connectivity index (χ1) is 14.7. The molecule has 1 saturated heterocycles. The van der Waals surface area contributed by atoms with Crippen LogP contribution in [0.15, 0.2) is 53.4 Å². The molecular formula is C21H18BrN7O. The van der Waals surface area contributed by atoms with E-state index in [1.165, 1.54) is 6.33 Å². The summed E-state index contributed by atoms with van der Waals surface area (Å²) in [5.41, 5.74) is 10.8. The van der Waals surface area contributed by atoms with E-state index in [4.69, 9.17) is 15.5 Å². The molecule has 1 aromatic carbocycles. The van der Waals surface area contributed by atoms with E-state index in [1.54, 1.807) is 6.20 Å². The number of aromatic nitrogens is 5. The molecule has 0 spiro atoms. The molecule has 1 aliphatic rings. The van der Waals surface area contributed by atoms with Crippen molar-refractivity contribution in [2.75, 3.05) is 25.4 Å². The van der Waals surface area contributed by atoms with Crippen molar-refractivity contribution < 1.29 is 4.74 Å². The summed E-state index contributed by atoms with van der Waals surface area (Å²) >= 11 is 3.55. The Morgan fingerprint density at radius 1 is 1.17 bits per heavy atom. The number of morpholine rings is 1. The van der Waals surface area contributed by atoms with E-state index >= 15 is 0 Å². The molecule has 0 bridgehead atoms. The molecule has 9 heteroatoms. The number of ether oxygens (including phenoxy) is 1. The van der Waals surface area contributed by atoms with Gasteiger partial charge >= 0.3 is 0 Å². The Kier molecular flexibility index (Phi) is 5.07. The molecule has 0 saturated carbocycles. The smallest absolute Gasteiger partial charge is 0.165 e. The van der Waals surface area contributed by atoms with Crippen LogP contribution in [0.4, 0.5) is 5.82 Å². The fourth-order valence-electron chi connectivity index (χ4n) is 3.66. The monoisotopic (exact) mass is 463 g/mol. The molecule has 1 unspecified atom stereocenters. The van der Waals surface area contributed by atoms with Crippen molar-refractivity contribution in [1.82, 2.24) is 30.5 Å². The van der Waals surface area contributed by atoms with Gasteiger partial charge in [0.1, 0.15) is 17.8 Å². The van der Waals surface area contributed by atoms with Gasteiger partial charge in [0.25, 0.3) is 0 Å². The summed E-state index contributed by atoms with van der Waals surface area (Å²) in [4.78, 5) is 13.3. The van der Waals surface area contributed by atoms with Crippen LogP contribution in [0.3, 0.4) is 0 Å². The van der Waals surface area contributed by atoms with Crippen LogP contribution >= 0.6 is 15.9 Å². The number of halogens is 1. The van der Waals surface area contributed by atoms with E-state index in [-0.39, 0.29) is 6.10 Å². The van der Waals surface area contributed by atoms with E-state index in [1.807, 2.05) is 36.4 Å². The molecule has 1 atom stereocenters. The molecule has 4 aromatic rings. The van der Waals surface area contributed by atoms with Gasteiger partial charge < -0.3 is 15.8 Å².